The molecular weight excluding hydrogens is 684 g/mol. The van der Waals surface area contributed by atoms with E-state index in [-0.39, 0.29) is 30.7 Å². The SMILES string of the molecule is CC/C(=C(\c1ccc(O)cc1)c1ccc(OCCCCCN2CCN(C3CNC4C(=O)N(C5CCC(=O)NC5=O)C(=O)C4N3)CC2)cc1)c1ccccc1. The minimum Gasteiger partial charge on any atom is -0.508 e. The number of fused-ring (bicyclic) bond motifs is 1. The molecule has 4 amide bonds. The summed E-state index contributed by atoms with van der Waals surface area (Å²) < 4.78 is 6.14. The average Bonchev–Trinajstić information content (AvgIpc) is 3.44. The Kier molecular flexibility index (Phi) is 11.8. The fourth-order valence-electron chi connectivity index (χ4n) is 8.17. The number of nitrogens with zero attached hydrogens (tertiary/aromatic N) is 3. The third-order valence-electron chi connectivity index (χ3n) is 11.1. The van der Waals surface area contributed by atoms with Crippen molar-refractivity contribution in [1.82, 2.24) is 30.7 Å². The molecule has 0 radical (unpaired) electrons. The summed E-state index contributed by atoms with van der Waals surface area (Å²) >= 11 is 0. The van der Waals surface area contributed by atoms with Crippen LogP contribution in [0.15, 0.2) is 78.9 Å². The Morgan fingerprint density at radius 1 is 0.796 bits per heavy atom. The number of ether oxygens (including phenoxy) is 1. The second kappa shape index (κ2) is 17.1. The minimum absolute atomic E-state index is 0.0916. The summed E-state index contributed by atoms with van der Waals surface area (Å²) in [4.78, 5) is 56.2. The number of carbonyl (C=O) groups excluding carboxylic acids is 4. The number of amides is 4. The van der Waals surface area contributed by atoms with Crippen LogP contribution in [0.1, 0.15) is 62.1 Å². The number of piperazine rings is 2. The lowest BCUT2D eigenvalue weighted by molar-refractivity contribution is -0.151. The van der Waals surface area contributed by atoms with Gasteiger partial charge in [-0.15, -0.1) is 0 Å². The number of benzene rings is 3. The van der Waals surface area contributed by atoms with Gasteiger partial charge in [0.1, 0.15) is 29.6 Å². The lowest BCUT2D eigenvalue weighted by Crippen LogP contribution is -2.68. The number of rotatable bonds is 13. The number of imide groups is 2. The van der Waals surface area contributed by atoms with Gasteiger partial charge in [-0.05, 0) is 90.8 Å². The Labute approximate surface area is 316 Å². The van der Waals surface area contributed by atoms with Crippen LogP contribution in [0.2, 0.25) is 0 Å². The number of allylic oxidation sites excluding steroid dienone is 1. The summed E-state index contributed by atoms with van der Waals surface area (Å²) in [5, 5.41) is 18.8. The Balaban J connectivity index is 0.836. The molecular formula is C42H50N6O6. The molecule has 7 rings (SSSR count). The highest BCUT2D eigenvalue weighted by Gasteiger charge is 2.54. The first-order valence-electron chi connectivity index (χ1n) is 19.3. The first-order valence-corrected chi connectivity index (χ1v) is 19.3. The van der Waals surface area contributed by atoms with Crippen molar-refractivity contribution in [3.05, 3.63) is 95.6 Å². The number of phenolic OH excluding ortho intramolecular Hbond substituents is 1. The van der Waals surface area contributed by atoms with E-state index in [1.165, 1.54) is 11.1 Å². The molecule has 12 nitrogen and oxygen atoms in total. The molecule has 4 heterocycles. The summed E-state index contributed by atoms with van der Waals surface area (Å²) in [6.07, 6.45) is 4.17. The van der Waals surface area contributed by atoms with Crippen molar-refractivity contribution in [2.75, 3.05) is 45.9 Å². The Bertz CT molecular complexity index is 1840. The summed E-state index contributed by atoms with van der Waals surface area (Å²) in [6.45, 7) is 7.93. The van der Waals surface area contributed by atoms with Crippen molar-refractivity contribution in [2.45, 2.75) is 69.7 Å². The van der Waals surface area contributed by atoms with E-state index >= 15 is 0 Å². The van der Waals surface area contributed by atoms with Gasteiger partial charge in [-0.3, -0.25) is 39.6 Å². The van der Waals surface area contributed by atoms with Crippen LogP contribution in [0, 0.1) is 0 Å². The van der Waals surface area contributed by atoms with E-state index in [4.69, 9.17) is 4.74 Å². The number of unbranched alkanes of at least 4 members (excludes halogenated alkanes) is 2. The third-order valence-corrected chi connectivity index (χ3v) is 11.1. The van der Waals surface area contributed by atoms with Gasteiger partial charge in [0.15, 0.2) is 0 Å². The van der Waals surface area contributed by atoms with Crippen molar-refractivity contribution in [2.24, 2.45) is 0 Å². The first kappa shape index (κ1) is 37.4. The first-order chi connectivity index (χ1) is 26.3. The second-order valence-electron chi connectivity index (χ2n) is 14.5. The smallest absolute Gasteiger partial charge is 0.249 e. The minimum atomic E-state index is -0.939. The van der Waals surface area contributed by atoms with Gasteiger partial charge < -0.3 is 20.1 Å². The number of aromatic hydroxyl groups is 1. The molecule has 4 aliphatic rings. The molecule has 4 saturated heterocycles. The molecule has 4 N–H and O–H groups in total. The highest BCUT2D eigenvalue weighted by Crippen LogP contribution is 2.35. The van der Waals surface area contributed by atoms with Gasteiger partial charge in [0.2, 0.25) is 23.6 Å². The summed E-state index contributed by atoms with van der Waals surface area (Å²) in [7, 11) is 0. The quantitative estimate of drug-likeness (QED) is 0.117. The fraction of sp³-hybridized carbons (Fsp3) is 0.429. The molecule has 0 bridgehead atoms. The normalized spacial score (nSPS) is 24.3. The molecule has 0 saturated carbocycles. The maximum atomic E-state index is 13.3. The maximum Gasteiger partial charge on any atom is 0.249 e. The molecule has 4 unspecified atom stereocenters. The van der Waals surface area contributed by atoms with Gasteiger partial charge in [-0.25, -0.2) is 0 Å². The van der Waals surface area contributed by atoms with Crippen LogP contribution >= 0.6 is 0 Å². The zero-order valence-electron chi connectivity index (χ0n) is 30.8. The molecule has 0 aliphatic carbocycles. The van der Waals surface area contributed by atoms with Gasteiger partial charge in [0.05, 0.1) is 12.8 Å². The van der Waals surface area contributed by atoms with Crippen LogP contribution in [0.5, 0.6) is 11.5 Å². The number of piperidine rings is 1. The second-order valence-corrected chi connectivity index (χ2v) is 14.5. The van der Waals surface area contributed by atoms with Crippen LogP contribution in [-0.4, -0.2) is 114 Å². The van der Waals surface area contributed by atoms with E-state index in [1.54, 1.807) is 12.1 Å². The van der Waals surface area contributed by atoms with Gasteiger partial charge in [0.25, 0.3) is 0 Å². The van der Waals surface area contributed by atoms with Crippen LogP contribution in [0.3, 0.4) is 0 Å². The van der Waals surface area contributed by atoms with Crippen molar-refractivity contribution in [3.63, 3.8) is 0 Å². The topological polar surface area (TPSA) is 144 Å². The largest absolute Gasteiger partial charge is 0.508 e. The lowest BCUT2D eigenvalue weighted by atomic mass is 9.88. The molecule has 54 heavy (non-hydrogen) atoms. The molecule has 3 aromatic rings. The number of hydrogen-bond donors (Lipinski definition) is 4. The summed E-state index contributed by atoms with van der Waals surface area (Å²) in [6, 6.07) is 23.8. The third kappa shape index (κ3) is 8.27. The molecule has 4 atom stereocenters. The van der Waals surface area contributed by atoms with E-state index in [9.17, 15) is 24.3 Å². The summed E-state index contributed by atoms with van der Waals surface area (Å²) in [5.74, 6) is -0.678. The van der Waals surface area contributed by atoms with E-state index in [2.05, 4.69) is 69.1 Å². The van der Waals surface area contributed by atoms with E-state index < -0.39 is 35.8 Å². The zero-order chi connectivity index (χ0) is 37.6. The molecule has 0 spiro atoms. The average molecular weight is 735 g/mol. The number of hydrogen-bond acceptors (Lipinski definition) is 10. The number of phenols is 1. The maximum absolute atomic E-state index is 13.3. The van der Waals surface area contributed by atoms with Crippen LogP contribution in [0.4, 0.5) is 0 Å². The molecule has 4 aliphatic heterocycles. The molecule has 3 aromatic carbocycles. The number of nitrogens with one attached hydrogen (secondary N) is 3. The summed E-state index contributed by atoms with van der Waals surface area (Å²) in [5.41, 5.74) is 5.74. The molecule has 284 valence electrons. The van der Waals surface area contributed by atoms with Crippen LogP contribution in [-0.2, 0) is 19.2 Å². The number of carbonyl (C=O) groups is 4. The number of likely N-dealkylation sites (tertiary alicyclic amines) is 1. The Morgan fingerprint density at radius 3 is 2.17 bits per heavy atom. The highest BCUT2D eigenvalue weighted by atomic mass is 16.5. The van der Waals surface area contributed by atoms with Crippen molar-refractivity contribution in [3.8, 4) is 11.5 Å². The zero-order valence-corrected chi connectivity index (χ0v) is 30.8. The predicted molar refractivity (Wildman–Crippen MR) is 205 cm³/mol. The Hall–Kier alpha value is -4.88. The lowest BCUT2D eigenvalue weighted by Gasteiger charge is -2.43. The van der Waals surface area contributed by atoms with Crippen molar-refractivity contribution < 1.29 is 29.0 Å². The standard InChI is InChI=1S/C42H50N6O6/c1-2-33(28-9-5-3-6-10-28)37(29-11-15-31(49)16-12-29)30-13-17-32(18-14-30)54-26-8-4-7-21-46-22-24-47(25-23-46)35-27-43-38-39(44-35)42(53)48(41(38)52)34-19-20-36(50)45-40(34)51/h3,5-6,9-18,34-35,38-39,43-44,49H,2,4,7-8,19-27H2,1H3,(H,45,50,51)/b37-33-. The van der Waals surface area contributed by atoms with E-state index in [0.29, 0.717) is 13.2 Å². The van der Waals surface area contributed by atoms with Gasteiger partial charge >= 0.3 is 0 Å². The highest BCUT2D eigenvalue weighted by molar-refractivity contribution is 6.13. The van der Waals surface area contributed by atoms with E-state index in [1.807, 2.05) is 30.3 Å². The van der Waals surface area contributed by atoms with Crippen molar-refractivity contribution >= 4 is 34.8 Å². The molecule has 4 fully saturated rings. The molecule has 0 aromatic heterocycles. The van der Waals surface area contributed by atoms with Gasteiger partial charge in [-0.1, -0.05) is 61.5 Å². The van der Waals surface area contributed by atoms with E-state index in [0.717, 1.165) is 85.8 Å². The van der Waals surface area contributed by atoms with Crippen LogP contribution < -0.4 is 20.7 Å². The van der Waals surface area contributed by atoms with Gasteiger partial charge in [0, 0.05) is 39.1 Å². The van der Waals surface area contributed by atoms with Gasteiger partial charge in [-0.2, -0.15) is 0 Å². The Morgan fingerprint density at radius 2 is 1.48 bits per heavy atom. The van der Waals surface area contributed by atoms with Crippen LogP contribution in [0.25, 0.3) is 11.1 Å². The monoisotopic (exact) mass is 734 g/mol. The fourth-order valence-corrected chi connectivity index (χ4v) is 8.17. The molecule has 12 heteroatoms. The predicted octanol–water partition coefficient (Wildman–Crippen LogP) is 3.36. The van der Waals surface area contributed by atoms with Crippen molar-refractivity contribution in [1.29, 1.82) is 0 Å².